The van der Waals surface area contributed by atoms with Gasteiger partial charge in [0.25, 0.3) is 5.95 Å². The molecule has 0 saturated heterocycles. The molecule has 0 aliphatic heterocycles. The van der Waals surface area contributed by atoms with Crippen LogP contribution in [-0.2, 0) is 0 Å². The summed E-state index contributed by atoms with van der Waals surface area (Å²) in [7, 11) is 0. The molecule has 3 heterocycles. The molecule has 0 aliphatic rings. The summed E-state index contributed by atoms with van der Waals surface area (Å²) >= 11 is 0. The molecule has 9 nitrogen and oxygen atoms in total. The molecule has 1 aromatic carbocycles. The van der Waals surface area contributed by atoms with Gasteiger partial charge in [0.05, 0.1) is 12.2 Å². The summed E-state index contributed by atoms with van der Waals surface area (Å²) in [6.07, 6.45) is 4.79. The Bertz CT molecular complexity index is 1200. The second kappa shape index (κ2) is 8.34. The van der Waals surface area contributed by atoms with Crippen LogP contribution in [0, 0.1) is 19.7 Å². The lowest BCUT2D eigenvalue weighted by molar-refractivity contribution is 0.249. The van der Waals surface area contributed by atoms with Gasteiger partial charge in [0.15, 0.2) is 0 Å². The molecule has 31 heavy (non-hydrogen) atoms. The maximum absolute atomic E-state index is 14.5. The van der Waals surface area contributed by atoms with Gasteiger partial charge in [-0.3, -0.25) is 5.32 Å². The van der Waals surface area contributed by atoms with Gasteiger partial charge in [-0.2, -0.15) is 14.9 Å². The van der Waals surface area contributed by atoms with Gasteiger partial charge in [-0.1, -0.05) is 6.07 Å². The molecular formula is C21H21FN8O. The minimum atomic E-state index is -0.463. The molecule has 0 unspecified atom stereocenters. The number of hydrogen-bond acceptors (Lipinski definition) is 5. The van der Waals surface area contributed by atoms with Gasteiger partial charge in [-0.15, -0.1) is 0 Å². The third-order valence-electron chi connectivity index (χ3n) is 4.61. The largest absolute Gasteiger partial charge is 0.331 e. The van der Waals surface area contributed by atoms with Crippen molar-refractivity contribution in [1.29, 1.82) is 0 Å². The SMILES string of the molecule is Cc1cc(C)nc(-n2nccc2NC(=O)N[C@H](C)c2ccc(-n3cccn3)c(F)c2)n1. The first kappa shape index (κ1) is 20.2. The van der Waals surface area contributed by atoms with Crippen molar-refractivity contribution in [2.75, 3.05) is 5.32 Å². The number of carbonyl (C=O) groups excluding carboxylic acids is 1. The Kier molecular flexibility index (Phi) is 5.44. The zero-order valence-corrected chi connectivity index (χ0v) is 17.2. The lowest BCUT2D eigenvalue weighted by atomic mass is 10.1. The van der Waals surface area contributed by atoms with Crippen LogP contribution >= 0.6 is 0 Å². The van der Waals surface area contributed by atoms with Crippen LogP contribution in [-0.4, -0.2) is 35.6 Å². The van der Waals surface area contributed by atoms with Crippen molar-refractivity contribution in [3.63, 3.8) is 0 Å². The van der Waals surface area contributed by atoms with Crippen LogP contribution in [0.5, 0.6) is 0 Å². The summed E-state index contributed by atoms with van der Waals surface area (Å²) in [6.45, 7) is 5.49. The van der Waals surface area contributed by atoms with E-state index in [1.54, 1.807) is 49.8 Å². The Balaban J connectivity index is 1.46. The van der Waals surface area contributed by atoms with Crippen LogP contribution in [0.15, 0.2) is 55.0 Å². The van der Waals surface area contributed by atoms with Crippen LogP contribution in [0.25, 0.3) is 11.6 Å². The van der Waals surface area contributed by atoms with Crippen LogP contribution in [0.2, 0.25) is 0 Å². The van der Waals surface area contributed by atoms with Crippen molar-refractivity contribution < 1.29 is 9.18 Å². The van der Waals surface area contributed by atoms with Gasteiger partial charge in [-0.25, -0.2) is 23.8 Å². The molecule has 10 heteroatoms. The van der Waals surface area contributed by atoms with E-state index in [1.807, 2.05) is 19.9 Å². The van der Waals surface area contributed by atoms with Crippen molar-refractivity contribution in [3.8, 4) is 11.6 Å². The van der Waals surface area contributed by atoms with E-state index in [0.717, 1.165) is 11.4 Å². The molecule has 0 fully saturated rings. The molecule has 0 saturated carbocycles. The molecule has 4 rings (SSSR count). The molecular weight excluding hydrogens is 399 g/mol. The molecule has 0 aliphatic carbocycles. The predicted octanol–water partition coefficient (Wildman–Crippen LogP) is 3.49. The van der Waals surface area contributed by atoms with Crippen LogP contribution < -0.4 is 10.6 Å². The second-order valence-electron chi connectivity index (χ2n) is 7.06. The maximum atomic E-state index is 14.5. The number of benzene rings is 1. The topological polar surface area (TPSA) is 103 Å². The number of nitrogens with zero attached hydrogens (tertiary/aromatic N) is 6. The Labute approximate surface area is 178 Å². The fraction of sp³-hybridized carbons (Fsp3) is 0.190. The molecule has 158 valence electrons. The Hall–Kier alpha value is -4.08. The van der Waals surface area contributed by atoms with E-state index in [1.165, 1.54) is 15.4 Å². The van der Waals surface area contributed by atoms with Crippen LogP contribution in [0.3, 0.4) is 0 Å². The van der Waals surface area contributed by atoms with Gasteiger partial charge in [0, 0.05) is 29.8 Å². The highest BCUT2D eigenvalue weighted by atomic mass is 19.1. The molecule has 3 aromatic heterocycles. The maximum Gasteiger partial charge on any atom is 0.320 e. The van der Waals surface area contributed by atoms with E-state index < -0.39 is 17.9 Å². The normalized spacial score (nSPS) is 11.9. The third-order valence-corrected chi connectivity index (χ3v) is 4.61. The number of halogens is 1. The van der Waals surface area contributed by atoms with Gasteiger partial charge < -0.3 is 5.32 Å². The predicted molar refractivity (Wildman–Crippen MR) is 113 cm³/mol. The fourth-order valence-corrected chi connectivity index (χ4v) is 3.18. The summed E-state index contributed by atoms with van der Waals surface area (Å²) < 4.78 is 17.4. The summed E-state index contributed by atoms with van der Waals surface area (Å²) in [5, 5.41) is 13.8. The average molecular weight is 420 g/mol. The molecule has 2 N–H and O–H groups in total. The Morgan fingerprint density at radius 1 is 1.06 bits per heavy atom. The van der Waals surface area contributed by atoms with Crippen molar-refractivity contribution in [2.45, 2.75) is 26.8 Å². The summed E-state index contributed by atoms with van der Waals surface area (Å²) in [5.74, 6) is 0.345. The fourth-order valence-electron chi connectivity index (χ4n) is 3.18. The van der Waals surface area contributed by atoms with Gasteiger partial charge in [0.2, 0.25) is 0 Å². The Morgan fingerprint density at radius 2 is 1.84 bits per heavy atom. The summed E-state index contributed by atoms with van der Waals surface area (Å²) in [6, 6.07) is 9.07. The number of nitrogens with one attached hydrogen (secondary N) is 2. The molecule has 0 bridgehead atoms. The van der Waals surface area contributed by atoms with E-state index in [2.05, 4.69) is 30.8 Å². The lowest BCUT2D eigenvalue weighted by Gasteiger charge is -2.16. The van der Waals surface area contributed by atoms with Crippen molar-refractivity contribution in [2.24, 2.45) is 0 Å². The monoisotopic (exact) mass is 420 g/mol. The van der Waals surface area contributed by atoms with E-state index in [0.29, 0.717) is 23.0 Å². The van der Waals surface area contributed by atoms with E-state index in [-0.39, 0.29) is 0 Å². The third kappa shape index (κ3) is 4.42. The second-order valence-corrected chi connectivity index (χ2v) is 7.06. The van der Waals surface area contributed by atoms with E-state index in [9.17, 15) is 9.18 Å². The molecule has 0 radical (unpaired) electrons. The number of amides is 2. The number of rotatable bonds is 5. The van der Waals surface area contributed by atoms with Crippen LogP contribution in [0.4, 0.5) is 15.0 Å². The number of carbonyl (C=O) groups is 1. The first-order valence-corrected chi connectivity index (χ1v) is 9.64. The minimum absolute atomic E-state index is 0.336. The first-order chi connectivity index (χ1) is 14.9. The van der Waals surface area contributed by atoms with E-state index >= 15 is 0 Å². The molecule has 1 atom stereocenters. The first-order valence-electron chi connectivity index (χ1n) is 9.64. The average Bonchev–Trinajstić information content (AvgIpc) is 3.39. The summed E-state index contributed by atoms with van der Waals surface area (Å²) in [4.78, 5) is 21.3. The quantitative estimate of drug-likeness (QED) is 0.515. The number of hydrogen-bond donors (Lipinski definition) is 2. The Morgan fingerprint density at radius 3 is 2.52 bits per heavy atom. The number of aryl methyl sites for hydroxylation is 2. The molecule has 4 aromatic rings. The highest BCUT2D eigenvalue weighted by Gasteiger charge is 2.15. The van der Waals surface area contributed by atoms with Crippen molar-refractivity contribution in [3.05, 3.63) is 77.8 Å². The summed E-state index contributed by atoms with van der Waals surface area (Å²) in [5.41, 5.74) is 2.54. The van der Waals surface area contributed by atoms with E-state index in [4.69, 9.17) is 0 Å². The van der Waals surface area contributed by atoms with Gasteiger partial charge in [0.1, 0.15) is 17.3 Å². The van der Waals surface area contributed by atoms with Gasteiger partial charge in [-0.05, 0) is 50.6 Å². The zero-order chi connectivity index (χ0) is 22.0. The highest BCUT2D eigenvalue weighted by Crippen LogP contribution is 2.20. The van der Waals surface area contributed by atoms with Crippen LogP contribution in [0.1, 0.15) is 29.9 Å². The highest BCUT2D eigenvalue weighted by molar-refractivity contribution is 5.88. The smallest absolute Gasteiger partial charge is 0.320 e. The minimum Gasteiger partial charge on any atom is -0.331 e. The van der Waals surface area contributed by atoms with Crippen molar-refractivity contribution in [1.82, 2.24) is 34.8 Å². The standard InChI is InChI=1S/C21H21FN8O/c1-13-11-14(2)26-20(25-13)30-19(7-9-24-30)28-21(31)27-15(3)16-5-6-18(17(22)12-16)29-10-4-8-23-29/h4-12,15H,1-3H3,(H2,27,28,31)/t15-/m1/s1. The molecule has 2 amide bonds. The zero-order valence-electron chi connectivity index (χ0n) is 17.2. The number of aromatic nitrogens is 6. The van der Waals surface area contributed by atoms with Crippen molar-refractivity contribution >= 4 is 11.8 Å². The lowest BCUT2D eigenvalue weighted by Crippen LogP contribution is -2.32. The number of anilines is 1. The van der Waals surface area contributed by atoms with Gasteiger partial charge >= 0.3 is 6.03 Å². The molecule has 0 spiro atoms. The number of urea groups is 1.